The van der Waals surface area contributed by atoms with E-state index in [0.717, 1.165) is 22.1 Å². The molecule has 1 aromatic carbocycles. The summed E-state index contributed by atoms with van der Waals surface area (Å²) in [6, 6.07) is 7.63. The second kappa shape index (κ2) is 9.06. The lowest BCUT2D eigenvalue weighted by Gasteiger charge is -2.20. The Morgan fingerprint density at radius 3 is 2.36 bits per heavy atom. The first-order valence-corrected chi connectivity index (χ1v) is 8.59. The summed E-state index contributed by atoms with van der Waals surface area (Å²) in [4.78, 5) is 24.3. The summed E-state index contributed by atoms with van der Waals surface area (Å²) in [5, 5.41) is 6.15. The molecular formula is C16H23ClN2O2S. The molecule has 0 aromatic heterocycles. The van der Waals surface area contributed by atoms with E-state index in [9.17, 15) is 9.59 Å². The highest BCUT2D eigenvalue weighted by Crippen LogP contribution is 2.21. The minimum atomic E-state index is -0.281. The zero-order valence-corrected chi connectivity index (χ0v) is 14.8. The molecule has 1 aromatic rings. The lowest BCUT2D eigenvalue weighted by atomic mass is 10.1. The SMILES string of the molecule is CC(C)(C)NC(=O)CNC(=O)CCCSc1ccc(Cl)cc1. The molecule has 0 radical (unpaired) electrons. The number of carbonyl (C=O) groups excluding carboxylic acids is 2. The molecule has 2 N–H and O–H groups in total. The van der Waals surface area contributed by atoms with Crippen LogP contribution in [0.2, 0.25) is 5.02 Å². The summed E-state index contributed by atoms with van der Waals surface area (Å²) < 4.78 is 0. The molecule has 122 valence electrons. The van der Waals surface area contributed by atoms with Gasteiger partial charge in [0.25, 0.3) is 0 Å². The van der Waals surface area contributed by atoms with Crippen LogP contribution in [0.5, 0.6) is 0 Å². The van der Waals surface area contributed by atoms with Gasteiger partial charge in [0, 0.05) is 21.9 Å². The number of thioether (sulfide) groups is 1. The molecule has 22 heavy (non-hydrogen) atoms. The van der Waals surface area contributed by atoms with Gasteiger partial charge in [-0.15, -0.1) is 11.8 Å². The fraction of sp³-hybridized carbons (Fsp3) is 0.500. The van der Waals surface area contributed by atoms with E-state index in [-0.39, 0.29) is 23.9 Å². The summed E-state index contributed by atoms with van der Waals surface area (Å²) in [5.41, 5.74) is -0.281. The third kappa shape index (κ3) is 8.95. The summed E-state index contributed by atoms with van der Waals surface area (Å²) in [6.07, 6.45) is 1.18. The lowest BCUT2D eigenvalue weighted by molar-refractivity contribution is -0.126. The van der Waals surface area contributed by atoms with Crippen molar-refractivity contribution in [3.63, 3.8) is 0 Å². The molecule has 0 unspecified atom stereocenters. The van der Waals surface area contributed by atoms with Gasteiger partial charge >= 0.3 is 0 Å². The van der Waals surface area contributed by atoms with Crippen molar-refractivity contribution in [3.8, 4) is 0 Å². The normalized spacial score (nSPS) is 11.1. The molecule has 6 heteroatoms. The topological polar surface area (TPSA) is 58.2 Å². The van der Waals surface area contributed by atoms with Gasteiger partial charge in [0.15, 0.2) is 0 Å². The number of carbonyl (C=O) groups is 2. The van der Waals surface area contributed by atoms with Gasteiger partial charge in [-0.1, -0.05) is 11.6 Å². The fourth-order valence-electron chi connectivity index (χ4n) is 1.68. The molecule has 0 spiro atoms. The van der Waals surface area contributed by atoms with Crippen LogP contribution in [0, 0.1) is 0 Å². The summed E-state index contributed by atoms with van der Waals surface area (Å²) in [7, 11) is 0. The second-order valence-electron chi connectivity index (χ2n) is 5.98. The van der Waals surface area contributed by atoms with Gasteiger partial charge in [0.05, 0.1) is 6.54 Å². The monoisotopic (exact) mass is 342 g/mol. The minimum absolute atomic E-state index is 0.0282. The zero-order valence-electron chi connectivity index (χ0n) is 13.2. The maximum Gasteiger partial charge on any atom is 0.239 e. The molecule has 0 aliphatic heterocycles. The van der Waals surface area contributed by atoms with E-state index in [0.29, 0.717) is 6.42 Å². The van der Waals surface area contributed by atoms with Crippen LogP contribution in [0.15, 0.2) is 29.2 Å². The number of rotatable bonds is 7. The van der Waals surface area contributed by atoms with Crippen molar-refractivity contribution in [2.45, 2.75) is 44.0 Å². The van der Waals surface area contributed by atoms with Gasteiger partial charge in [-0.3, -0.25) is 9.59 Å². The Hall–Kier alpha value is -1.20. The third-order valence-electron chi connectivity index (χ3n) is 2.59. The molecule has 0 heterocycles. The molecule has 0 bridgehead atoms. The number of benzene rings is 1. The highest BCUT2D eigenvalue weighted by atomic mass is 35.5. The number of halogens is 1. The molecule has 0 fully saturated rings. The summed E-state index contributed by atoms with van der Waals surface area (Å²) in [6.45, 7) is 5.74. The first-order chi connectivity index (χ1) is 10.3. The van der Waals surface area contributed by atoms with E-state index in [4.69, 9.17) is 11.6 Å². The fourth-order valence-corrected chi connectivity index (χ4v) is 2.66. The largest absolute Gasteiger partial charge is 0.350 e. The molecular weight excluding hydrogens is 320 g/mol. The van der Waals surface area contributed by atoms with E-state index in [1.807, 2.05) is 45.0 Å². The Bertz CT molecular complexity index is 498. The molecule has 1 rings (SSSR count). The molecule has 0 aliphatic rings. The average molecular weight is 343 g/mol. The molecule has 4 nitrogen and oxygen atoms in total. The quantitative estimate of drug-likeness (QED) is 0.590. The van der Waals surface area contributed by atoms with Crippen molar-refractivity contribution in [2.75, 3.05) is 12.3 Å². The maximum absolute atomic E-state index is 11.7. The van der Waals surface area contributed by atoms with Gasteiger partial charge in [-0.2, -0.15) is 0 Å². The van der Waals surface area contributed by atoms with Crippen LogP contribution in [-0.4, -0.2) is 29.7 Å². The van der Waals surface area contributed by atoms with Gasteiger partial charge in [0.2, 0.25) is 11.8 Å². The predicted octanol–water partition coefficient (Wildman–Crippen LogP) is 3.24. The second-order valence-corrected chi connectivity index (χ2v) is 7.59. The van der Waals surface area contributed by atoms with E-state index < -0.39 is 0 Å². The number of nitrogens with one attached hydrogen (secondary N) is 2. The van der Waals surface area contributed by atoms with Crippen LogP contribution in [0.1, 0.15) is 33.6 Å². The molecule has 0 saturated heterocycles. The van der Waals surface area contributed by atoms with Gasteiger partial charge in [-0.25, -0.2) is 0 Å². The molecule has 0 atom stereocenters. The van der Waals surface area contributed by atoms with Crippen molar-refractivity contribution in [1.29, 1.82) is 0 Å². The Kier molecular flexibility index (Phi) is 7.76. The molecule has 0 aliphatic carbocycles. The van der Waals surface area contributed by atoms with Crippen LogP contribution in [0.25, 0.3) is 0 Å². The van der Waals surface area contributed by atoms with Crippen molar-refractivity contribution in [2.24, 2.45) is 0 Å². The van der Waals surface area contributed by atoms with Gasteiger partial charge in [-0.05, 0) is 57.2 Å². The van der Waals surface area contributed by atoms with Crippen LogP contribution in [-0.2, 0) is 9.59 Å². The number of amides is 2. The van der Waals surface area contributed by atoms with Gasteiger partial charge in [0.1, 0.15) is 0 Å². The van der Waals surface area contributed by atoms with Crippen LogP contribution in [0.4, 0.5) is 0 Å². The smallest absolute Gasteiger partial charge is 0.239 e. The van der Waals surface area contributed by atoms with Crippen LogP contribution < -0.4 is 10.6 Å². The van der Waals surface area contributed by atoms with E-state index >= 15 is 0 Å². The van der Waals surface area contributed by atoms with Crippen LogP contribution in [0.3, 0.4) is 0 Å². The van der Waals surface area contributed by atoms with Gasteiger partial charge < -0.3 is 10.6 Å². The Labute approximate surface area is 141 Å². The van der Waals surface area contributed by atoms with Crippen molar-refractivity contribution < 1.29 is 9.59 Å². The van der Waals surface area contributed by atoms with Crippen molar-refractivity contribution >= 4 is 35.2 Å². The Morgan fingerprint density at radius 1 is 1.14 bits per heavy atom. The van der Waals surface area contributed by atoms with E-state index in [1.165, 1.54) is 0 Å². The Balaban J connectivity index is 2.13. The lowest BCUT2D eigenvalue weighted by Crippen LogP contribution is -2.45. The van der Waals surface area contributed by atoms with E-state index in [2.05, 4.69) is 10.6 Å². The van der Waals surface area contributed by atoms with Crippen molar-refractivity contribution in [3.05, 3.63) is 29.3 Å². The Morgan fingerprint density at radius 2 is 1.77 bits per heavy atom. The maximum atomic E-state index is 11.7. The zero-order chi connectivity index (χ0) is 16.6. The third-order valence-corrected chi connectivity index (χ3v) is 3.94. The molecule has 2 amide bonds. The number of hydrogen-bond donors (Lipinski definition) is 2. The highest BCUT2D eigenvalue weighted by Gasteiger charge is 2.13. The predicted molar refractivity (Wildman–Crippen MR) is 92.3 cm³/mol. The first kappa shape index (κ1) is 18.8. The van der Waals surface area contributed by atoms with E-state index in [1.54, 1.807) is 11.8 Å². The summed E-state index contributed by atoms with van der Waals surface area (Å²) >= 11 is 7.51. The molecule has 0 saturated carbocycles. The highest BCUT2D eigenvalue weighted by molar-refractivity contribution is 7.99. The first-order valence-electron chi connectivity index (χ1n) is 7.22. The van der Waals surface area contributed by atoms with Crippen molar-refractivity contribution in [1.82, 2.24) is 10.6 Å². The standard InChI is InChI=1S/C16H23ClN2O2S/c1-16(2,3)19-15(21)11-18-14(20)5-4-10-22-13-8-6-12(17)7-9-13/h6-9H,4-5,10-11H2,1-3H3,(H,18,20)(H,19,21). The minimum Gasteiger partial charge on any atom is -0.350 e. The summed E-state index contributed by atoms with van der Waals surface area (Å²) in [5.74, 6) is 0.584. The average Bonchev–Trinajstić information content (AvgIpc) is 2.41. The number of hydrogen-bond acceptors (Lipinski definition) is 3. The van der Waals surface area contributed by atoms with Crippen LogP contribution >= 0.6 is 23.4 Å².